The molecule has 5 heteroatoms. The Kier molecular flexibility index (Phi) is 5.31. The highest BCUT2D eigenvalue weighted by molar-refractivity contribution is 5.94. The third kappa shape index (κ3) is 4.03. The Morgan fingerprint density at radius 3 is 2.74 bits per heavy atom. The van der Waals surface area contributed by atoms with Crippen molar-refractivity contribution < 1.29 is 4.79 Å². The number of pyridine rings is 1. The van der Waals surface area contributed by atoms with Crippen molar-refractivity contribution >= 4 is 17.7 Å². The van der Waals surface area contributed by atoms with Gasteiger partial charge in [-0.2, -0.15) is 0 Å². The number of rotatable bonds is 7. The molecule has 140 valence electrons. The van der Waals surface area contributed by atoms with Gasteiger partial charge in [-0.1, -0.05) is 37.4 Å². The van der Waals surface area contributed by atoms with Crippen LogP contribution >= 0.6 is 0 Å². The predicted octanol–water partition coefficient (Wildman–Crippen LogP) is 2.93. The third-order valence-corrected chi connectivity index (χ3v) is 4.91. The molecule has 0 aliphatic heterocycles. The number of nitrogens with zero attached hydrogens (tertiary/aromatic N) is 1. The summed E-state index contributed by atoms with van der Waals surface area (Å²) in [6, 6.07) is 7.97. The van der Waals surface area contributed by atoms with E-state index in [9.17, 15) is 9.59 Å². The van der Waals surface area contributed by atoms with Crippen molar-refractivity contribution in [3.63, 3.8) is 0 Å². The van der Waals surface area contributed by atoms with E-state index >= 15 is 0 Å². The van der Waals surface area contributed by atoms with Gasteiger partial charge < -0.3 is 15.2 Å². The standard InChI is InChI=1S/C22H25N3O2/c1-5-16-7-6-8-17(14(16)2)12-25-13-18(15(3)24-19-9-10-19)11-20(22(25)27)21(26)23-4/h5-8,11,13,19,24H,1,3,9-10,12H2,2,4H3,(H,23,26). The second kappa shape index (κ2) is 7.66. The van der Waals surface area contributed by atoms with Gasteiger partial charge in [0.15, 0.2) is 0 Å². The zero-order valence-corrected chi connectivity index (χ0v) is 15.8. The Morgan fingerprint density at radius 2 is 2.11 bits per heavy atom. The number of hydrogen-bond acceptors (Lipinski definition) is 3. The Morgan fingerprint density at radius 1 is 1.37 bits per heavy atom. The molecule has 1 heterocycles. The van der Waals surface area contributed by atoms with Gasteiger partial charge >= 0.3 is 0 Å². The lowest BCUT2D eigenvalue weighted by Crippen LogP contribution is -2.32. The number of hydrogen-bond donors (Lipinski definition) is 2. The molecule has 0 atom stereocenters. The van der Waals surface area contributed by atoms with Crippen LogP contribution in [0.4, 0.5) is 0 Å². The summed E-state index contributed by atoms with van der Waals surface area (Å²) in [5.74, 6) is -0.397. The van der Waals surface area contributed by atoms with E-state index in [1.54, 1.807) is 22.9 Å². The highest BCUT2D eigenvalue weighted by Crippen LogP contribution is 2.23. The summed E-state index contributed by atoms with van der Waals surface area (Å²) in [5, 5.41) is 5.89. The molecular formula is C22H25N3O2. The number of carbonyl (C=O) groups excluding carboxylic acids is 1. The molecule has 2 aromatic rings. The topological polar surface area (TPSA) is 63.1 Å². The summed E-state index contributed by atoms with van der Waals surface area (Å²) < 4.78 is 1.58. The zero-order chi connectivity index (χ0) is 19.6. The van der Waals surface area contributed by atoms with Gasteiger partial charge in [0.25, 0.3) is 11.5 Å². The average molecular weight is 363 g/mol. The zero-order valence-electron chi connectivity index (χ0n) is 15.8. The van der Waals surface area contributed by atoms with Crippen LogP contribution in [0.5, 0.6) is 0 Å². The van der Waals surface area contributed by atoms with Gasteiger partial charge in [-0.05, 0) is 42.5 Å². The van der Waals surface area contributed by atoms with Crippen LogP contribution in [0.1, 0.15) is 45.5 Å². The maximum atomic E-state index is 12.9. The molecule has 0 saturated heterocycles. The summed E-state index contributed by atoms with van der Waals surface area (Å²) in [6.45, 7) is 10.3. The molecule has 1 aliphatic carbocycles. The Labute approximate surface area is 159 Å². The summed E-state index contributed by atoms with van der Waals surface area (Å²) in [6.07, 6.45) is 5.81. The van der Waals surface area contributed by atoms with Gasteiger partial charge in [-0.3, -0.25) is 9.59 Å². The first-order chi connectivity index (χ1) is 12.9. The maximum absolute atomic E-state index is 12.9. The van der Waals surface area contributed by atoms with Crippen LogP contribution in [-0.4, -0.2) is 23.6 Å². The molecule has 0 bridgehead atoms. The van der Waals surface area contributed by atoms with Gasteiger partial charge in [0.05, 0.1) is 6.54 Å². The summed E-state index contributed by atoms with van der Waals surface area (Å²) in [5.41, 5.74) is 4.39. The lowest BCUT2D eigenvalue weighted by atomic mass is 10.0. The molecule has 1 aromatic heterocycles. The number of amides is 1. The number of benzene rings is 1. The van der Waals surface area contributed by atoms with Gasteiger partial charge in [-0.25, -0.2) is 0 Å². The van der Waals surface area contributed by atoms with Crippen LogP contribution < -0.4 is 16.2 Å². The molecule has 27 heavy (non-hydrogen) atoms. The van der Waals surface area contributed by atoms with E-state index < -0.39 is 5.91 Å². The quantitative estimate of drug-likeness (QED) is 0.795. The smallest absolute Gasteiger partial charge is 0.263 e. The van der Waals surface area contributed by atoms with Crippen molar-refractivity contribution in [2.45, 2.75) is 32.4 Å². The first-order valence-electron chi connectivity index (χ1n) is 9.08. The summed E-state index contributed by atoms with van der Waals surface area (Å²) in [7, 11) is 1.52. The lowest BCUT2D eigenvalue weighted by molar-refractivity contribution is 0.0961. The van der Waals surface area contributed by atoms with E-state index in [0.29, 0.717) is 12.6 Å². The van der Waals surface area contributed by atoms with E-state index in [1.807, 2.05) is 25.1 Å². The molecule has 0 unspecified atom stereocenters. The van der Waals surface area contributed by atoms with Crippen LogP contribution in [-0.2, 0) is 6.54 Å². The van der Waals surface area contributed by atoms with Crippen LogP contribution in [0, 0.1) is 6.92 Å². The minimum Gasteiger partial charge on any atom is -0.382 e. The van der Waals surface area contributed by atoms with Crippen LogP contribution in [0.25, 0.3) is 11.8 Å². The van der Waals surface area contributed by atoms with E-state index in [4.69, 9.17) is 0 Å². The van der Waals surface area contributed by atoms with Crippen LogP contribution in [0.15, 0.2) is 48.4 Å². The van der Waals surface area contributed by atoms with Gasteiger partial charge in [0, 0.05) is 30.5 Å². The fourth-order valence-electron chi connectivity index (χ4n) is 3.05. The third-order valence-electron chi connectivity index (χ3n) is 4.91. The van der Waals surface area contributed by atoms with Gasteiger partial charge in [0.2, 0.25) is 0 Å². The highest BCUT2D eigenvalue weighted by atomic mass is 16.2. The molecule has 3 rings (SSSR count). The Bertz CT molecular complexity index is 968. The Hall–Kier alpha value is -3.08. The second-order valence-electron chi connectivity index (χ2n) is 6.89. The first-order valence-corrected chi connectivity index (χ1v) is 9.08. The molecule has 1 amide bonds. The van der Waals surface area contributed by atoms with Crippen LogP contribution in [0.3, 0.4) is 0 Å². The lowest BCUT2D eigenvalue weighted by Gasteiger charge is -2.16. The fraction of sp³-hybridized carbons (Fsp3) is 0.273. The average Bonchev–Trinajstić information content (AvgIpc) is 3.48. The molecule has 1 saturated carbocycles. The number of aromatic nitrogens is 1. The summed E-state index contributed by atoms with van der Waals surface area (Å²) in [4.78, 5) is 25.1. The Balaban J connectivity index is 2.05. The second-order valence-corrected chi connectivity index (χ2v) is 6.89. The minimum atomic E-state index is -0.397. The van der Waals surface area contributed by atoms with Crippen LogP contribution in [0.2, 0.25) is 0 Å². The van der Waals surface area contributed by atoms with Crippen molar-refractivity contribution in [3.8, 4) is 0 Å². The largest absolute Gasteiger partial charge is 0.382 e. The SMILES string of the molecule is C=Cc1cccc(Cn2cc(C(=C)NC3CC3)cc(C(=O)NC)c2=O)c1C. The maximum Gasteiger partial charge on any atom is 0.263 e. The first kappa shape index (κ1) is 18.7. The monoisotopic (exact) mass is 363 g/mol. The summed E-state index contributed by atoms with van der Waals surface area (Å²) >= 11 is 0. The van der Waals surface area contributed by atoms with Crippen molar-refractivity contribution in [1.29, 1.82) is 0 Å². The molecule has 0 spiro atoms. The van der Waals surface area contributed by atoms with Gasteiger partial charge in [-0.15, -0.1) is 0 Å². The fourth-order valence-corrected chi connectivity index (χ4v) is 3.05. The molecule has 2 N–H and O–H groups in total. The number of carbonyl (C=O) groups is 1. The normalized spacial score (nSPS) is 13.1. The molecule has 5 nitrogen and oxygen atoms in total. The molecule has 1 aromatic carbocycles. The number of nitrogens with one attached hydrogen (secondary N) is 2. The molecule has 0 radical (unpaired) electrons. The van der Waals surface area contributed by atoms with E-state index in [1.165, 1.54) is 7.05 Å². The highest BCUT2D eigenvalue weighted by Gasteiger charge is 2.22. The molecule has 1 fully saturated rings. The predicted molar refractivity (Wildman–Crippen MR) is 110 cm³/mol. The van der Waals surface area contributed by atoms with Gasteiger partial charge in [0.1, 0.15) is 5.56 Å². The van der Waals surface area contributed by atoms with Crippen molar-refractivity contribution in [2.75, 3.05) is 7.05 Å². The minimum absolute atomic E-state index is 0.117. The molecular weight excluding hydrogens is 338 g/mol. The molecule has 1 aliphatic rings. The van der Waals surface area contributed by atoms with Crippen molar-refractivity contribution in [2.24, 2.45) is 0 Å². The van der Waals surface area contributed by atoms with E-state index in [0.717, 1.165) is 40.8 Å². The van der Waals surface area contributed by atoms with Crippen molar-refractivity contribution in [1.82, 2.24) is 15.2 Å². The van der Waals surface area contributed by atoms with Crippen molar-refractivity contribution in [3.05, 3.63) is 81.8 Å². The van der Waals surface area contributed by atoms with E-state index in [-0.39, 0.29) is 11.1 Å². The van der Waals surface area contributed by atoms with E-state index in [2.05, 4.69) is 23.8 Å².